The third kappa shape index (κ3) is 3.40. The Hall–Kier alpha value is -3.08. The number of H-pyrrole nitrogens is 1. The van der Waals surface area contributed by atoms with Crippen molar-refractivity contribution in [1.82, 2.24) is 4.98 Å². The Morgan fingerprint density at radius 1 is 1.09 bits per heavy atom. The highest BCUT2D eigenvalue weighted by Crippen LogP contribution is 2.17. The van der Waals surface area contributed by atoms with Crippen molar-refractivity contribution in [2.24, 2.45) is 5.73 Å². The number of rotatable bonds is 4. The summed E-state index contributed by atoms with van der Waals surface area (Å²) in [6.45, 7) is 2.00. The highest BCUT2D eigenvalue weighted by atomic mass is 16.1. The van der Waals surface area contributed by atoms with Gasteiger partial charge < -0.3 is 16.0 Å². The third-order valence-electron chi connectivity index (χ3n) is 3.64. The highest BCUT2D eigenvalue weighted by Gasteiger charge is 2.07. The van der Waals surface area contributed by atoms with Crippen LogP contribution < -0.4 is 11.1 Å². The number of hydrogen-bond acceptors (Lipinski definition) is 2. The van der Waals surface area contributed by atoms with Crippen molar-refractivity contribution in [2.75, 3.05) is 5.32 Å². The van der Waals surface area contributed by atoms with Crippen LogP contribution in [0.3, 0.4) is 0 Å². The maximum Gasteiger partial charge on any atom is 0.248 e. The Kier molecular flexibility index (Phi) is 3.85. The zero-order chi connectivity index (χ0) is 16.4. The number of amides is 2. The van der Waals surface area contributed by atoms with Crippen molar-refractivity contribution in [1.29, 1.82) is 0 Å². The molecule has 0 aliphatic rings. The zero-order valence-electron chi connectivity index (χ0n) is 12.7. The summed E-state index contributed by atoms with van der Waals surface area (Å²) in [4.78, 5) is 26.4. The van der Waals surface area contributed by atoms with Crippen LogP contribution in [0.15, 0.2) is 48.5 Å². The third-order valence-corrected chi connectivity index (χ3v) is 3.64. The molecular weight excluding hydrogens is 290 g/mol. The molecule has 23 heavy (non-hydrogen) atoms. The smallest absolute Gasteiger partial charge is 0.248 e. The number of primary amides is 1. The lowest BCUT2D eigenvalue weighted by Crippen LogP contribution is -2.15. The lowest BCUT2D eigenvalue weighted by molar-refractivity contribution is -0.115. The molecule has 5 heteroatoms. The molecule has 0 aliphatic carbocycles. The van der Waals surface area contributed by atoms with Crippen LogP contribution in [0, 0.1) is 6.92 Å². The summed E-state index contributed by atoms with van der Waals surface area (Å²) in [7, 11) is 0. The maximum atomic E-state index is 12.1. The molecule has 0 unspecified atom stereocenters. The first kappa shape index (κ1) is 14.8. The molecule has 0 saturated heterocycles. The van der Waals surface area contributed by atoms with E-state index in [0.29, 0.717) is 11.3 Å². The number of aryl methyl sites for hydroxylation is 1. The van der Waals surface area contributed by atoms with Gasteiger partial charge in [0.05, 0.1) is 6.42 Å². The number of benzene rings is 2. The van der Waals surface area contributed by atoms with Gasteiger partial charge >= 0.3 is 0 Å². The van der Waals surface area contributed by atoms with E-state index in [-0.39, 0.29) is 12.3 Å². The number of carbonyl (C=O) groups is 2. The Labute approximate surface area is 133 Å². The zero-order valence-corrected chi connectivity index (χ0v) is 12.7. The number of fused-ring (bicyclic) bond motifs is 1. The van der Waals surface area contributed by atoms with Crippen molar-refractivity contribution in [2.45, 2.75) is 13.3 Å². The predicted octanol–water partition coefficient (Wildman–Crippen LogP) is 2.76. The van der Waals surface area contributed by atoms with E-state index in [0.717, 1.165) is 22.2 Å². The van der Waals surface area contributed by atoms with E-state index in [1.807, 2.05) is 25.1 Å². The minimum absolute atomic E-state index is 0.108. The van der Waals surface area contributed by atoms with Crippen LogP contribution in [0.4, 0.5) is 5.69 Å². The summed E-state index contributed by atoms with van der Waals surface area (Å²) < 4.78 is 0. The van der Waals surface area contributed by atoms with Crippen LogP contribution in [0.25, 0.3) is 10.9 Å². The SMILES string of the molecule is Cc1cc2cc(CC(=O)Nc3ccc(C(N)=O)cc3)ccc2[nH]1. The van der Waals surface area contributed by atoms with Gasteiger partial charge in [0, 0.05) is 22.5 Å². The predicted molar refractivity (Wildman–Crippen MR) is 90.3 cm³/mol. The minimum atomic E-state index is -0.488. The minimum Gasteiger partial charge on any atom is -0.366 e. The van der Waals surface area contributed by atoms with Crippen LogP contribution in [0.1, 0.15) is 21.6 Å². The van der Waals surface area contributed by atoms with Crippen LogP contribution in [-0.4, -0.2) is 16.8 Å². The number of hydrogen-bond donors (Lipinski definition) is 3. The van der Waals surface area contributed by atoms with E-state index in [4.69, 9.17) is 5.73 Å². The first-order chi connectivity index (χ1) is 11.0. The lowest BCUT2D eigenvalue weighted by atomic mass is 10.1. The van der Waals surface area contributed by atoms with Crippen LogP contribution in [-0.2, 0) is 11.2 Å². The summed E-state index contributed by atoms with van der Waals surface area (Å²) in [5, 5.41) is 3.91. The second-order valence-corrected chi connectivity index (χ2v) is 5.54. The Bertz CT molecular complexity index is 879. The van der Waals surface area contributed by atoms with E-state index in [1.54, 1.807) is 24.3 Å². The Morgan fingerprint density at radius 3 is 2.52 bits per heavy atom. The first-order valence-electron chi connectivity index (χ1n) is 7.29. The van der Waals surface area contributed by atoms with E-state index >= 15 is 0 Å². The molecule has 116 valence electrons. The molecule has 4 N–H and O–H groups in total. The van der Waals surface area contributed by atoms with Crippen LogP contribution >= 0.6 is 0 Å². The molecule has 0 saturated carbocycles. The summed E-state index contributed by atoms with van der Waals surface area (Å²) in [6.07, 6.45) is 0.289. The number of nitrogens with two attached hydrogens (primary N) is 1. The average Bonchev–Trinajstić information content (AvgIpc) is 2.87. The van der Waals surface area contributed by atoms with E-state index in [2.05, 4.69) is 16.4 Å². The monoisotopic (exact) mass is 307 g/mol. The first-order valence-corrected chi connectivity index (χ1v) is 7.29. The van der Waals surface area contributed by atoms with Gasteiger partial charge in [0.1, 0.15) is 0 Å². The normalized spacial score (nSPS) is 10.7. The molecule has 0 aliphatic heterocycles. The quantitative estimate of drug-likeness (QED) is 0.692. The standard InChI is InChI=1S/C18H17N3O2/c1-11-8-14-9-12(2-7-16(14)20-11)10-17(22)21-15-5-3-13(4-6-15)18(19)23/h2-9,20H,10H2,1H3,(H2,19,23)(H,21,22). The van der Waals surface area contributed by atoms with Gasteiger partial charge in [-0.25, -0.2) is 0 Å². The van der Waals surface area contributed by atoms with Crippen molar-refractivity contribution >= 4 is 28.4 Å². The fourth-order valence-electron chi connectivity index (χ4n) is 2.55. The van der Waals surface area contributed by atoms with Crippen molar-refractivity contribution in [3.63, 3.8) is 0 Å². The van der Waals surface area contributed by atoms with E-state index in [9.17, 15) is 9.59 Å². The van der Waals surface area contributed by atoms with Gasteiger partial charge in [0.2, 0.25) is 11.8 Å². The number of carbonyl (C=O) groups excluding carboxylic acids is 2. The van der Waals surface area contributed by atoms with E-state index in [1.165, 1.54) is 0 Å². The Morgan fingerprint density at radius 2 is 1.83 bits per heavy atom. The average molecular weight is 307 g/mol. The van der Waals surface area contributed by atoms with Gasteiger partial charge in [-0.3, -0.25) is 9.59 Å². The summed E-state index contributed by atoms with van der Waals surface area (Å²) in [5.41, 5.74) is 9.34. The molecule has 1 aromatic heterocycles. The molecule has 0 radical (unpaired) electrons. The molecular formula is C18H17N3O2. The molecule has 0 fully saturated rings. The molecule has 3 rings (SSSR count). The molecule has 2 aromatic carbocycles. The largest absolute Gasteiger partial charge is 0.366 e. The molecule has 0 spiro atoms. The second kappa shape index (κ2) is 5.96. The van der Waals surface area contributed by atoms with Crippen molar-refractivity contribution < 1.29 is 9.59 Å². The molecule has 5 nitrogen and oxygen atoms in total. The summed E-state index contributed by atoms with van der Waals surface area (Å²) >= 11 is 0. The van der Waals surface area contributed by atoms with Gasteiger partial charge in [-0.1, -0.05) is 6.07 Å². The highest BCUT2D eigenvalue weighted by molar-refractivity contribution is 5.95. The number of aromatic amines is 1. The number of aromatic nitrogens is 1. The van der Waals surface area contributed by atoms with Gasteiger partial charge in [-0.2, -0.15) is 0 Å². The molecule has 0 bridgehead atoms. The number of anilines is 1. The van der Waals surface area contributed by atoms with Gasteiger partial charge in [-0.15, -0.1) is 0 Å². The molecule has 0 atom stereocenters. The fraction of sp³-hybridized carbons (Fsp3) is 0.111. The van der Waals surface area contributed by atoms with Crippen LogP contribution in [0.2, 0.25) is 0 Å². The van der Waals surface area contributed by atoms with Crippen LogP contribution in [0.5, 0.6) is 0 Å². The van der Waals surface area contributed by atoms with Gasteiger partial charge in [-0.05, 0) is 60.3 Å². The van der Waals surface area contributed by atoms with Gasteiger partial charge in [0.15, 0.2) is 0 Å². The van der Waals surface area contributed by atoms with Crippen molar-refractivity contribution in [3.8, 4) is 0 Å². The van der Waals surface area contributed by atoms with Gasteiger partial charge in [0.25, 0.3) is 0 Å². The summed E-state index contributed by atoms with van der Waals surface area (Å²) in [5.74, 6) is -0.596. The van der Waals surface area contributed by atoms with E-state index < -0.39 is 5.91 Å². The molecule has 2 amide bonds. The molecule has 1 heterocycles. The lowest BCUT2D eigenvalue weighted by Gasteiger charge is -2.06. The number of nitrogens with one attached hydrogen (secondary N) is 2. The molecule has 3 aromatic rings. The summed E-state index contributed by atoms with van der Waals surface area (Å²) in [6, 6.07) is 14.5. The Balaban J connectivity index is 1.69. The maximum absolute atomic E-state index is 12.1. The topological polar surface area (TPSA) is 88.0 Å². The van der Waals surface area contributed by atoms with Crippen molar-refractivity contribution in [3.05, 3.63) is 65.4 Å². The fourth-order valence-corrected chi connectivity index (χ4v) is 2.55. The second-order valence-electron chi connectivity index (χ2n) is 5.54.